The molecule has 1 saturated heterocycles. The van der Waals surface area contributed by atoms with Gasteiger partial charge in [0, 0.05) is 19.7 Å². The number of hydrogen-bond acceptors (Lipinski definition) is 1. The molecule has 1 aliphatic heterocycles. The molecule has 1 heterocycles. The van der Waals surface area contributed by atoms with Crippen molar-refractivity contribution >= 4 is 14.9 Å². The van der Waals surface area contributed by atoms with E-state index in [1.165, 1.54) is 7.17 Å². The van der Waals surface area contributed by atoms with Crippen LogP contribution in [-0.4, -0.2) is 33.2 Å². The molecule has 0 bridgehead atoms. The molecule has 1 nitrogen and oxygen atoms in total. The Kier molecular flexibility index (Phi) is 2.99. The maximum atomic E-state index is 13.2. The topological polar surface area (TPSA) is 9.23 Å². The highest BCUT2D eigenvalue weighted by Gasteiger charge is 2.39. The highest BCUT2D eigenvalue weighted by molar-refractivity contribution is 6.90. The molecule has 0 N–H and O–H groups in total. The summed E-state index contributed by atoms with van der Waals surface area (Å²) < 4.78 is 18.5. The fourth-order valence-corrected chi connectivity index (χ4v) is 1.52. The van der Waals surface area contributed by atoms with E-state index in [2.05, 4.69) is 0 Å². The third-order valence-corrected chi connectivity index (χ3v) is 2.33. The number of alkyl halides is 1. The molecule has 4 atom stereocenters. The maximum absolute atomic E-state index is 13.2. The molecule has 0 amide bonds. The van der Waals surface area contributed by atoms with Crippen LogP contribution in [0.2, 0.25) is 0 Å². The second-order valence-corrected chi connectivity index (χ2v) is 3.04. The Labute approximate surface area is 69.3 Å². The number of rotatable bonds is 2. The number of ether oxygens (including phenoxy) is 1. The molecule has 4 heteroatoms. The second kappa shape index (κ2) is 3.61. The van der Waals surface area contributed by atoms with Crippen LogP contribution >= 0.6 is 0 Å². The van der Waals surface area contributed by atoms with Gasteiger partial charge in [-0.3, -0.25) is 0 Å². The molecular formula is C7H12B2FO. The quantitative estimate of drug-likeness (QED) is 0.535. The Morgan fingerprint density at radius 1 is 1.64 bits per heavy atom. The lowest BCUT2D eigenvalue weighted by atomic mass is 9.50. The number of hydrogen-bond donors (Lipinski definition) is 0. The molecule has 0 aromatic carbocycles. The smallest absolute Gasteiger partial charge is 0.122 e. The molecule has 1 aliphatic rings. The summed E-state index contributed by atoms with van der Waals surface area (Å²) in [6.45, 7) is 3.86. The number of halogens is 1. The average Bonchev–Trinajstić information content (AvgIpc) is 2.30. The van der Waals surface area contributed by atoms with Gasteiger partial charge in [-0.05, 0) is 6.42 Å². The van der Waals surface area contributed by atoms with Crippen molar-refractivity contribution in [3.8, 4) is 0 Å². The van der Waals surface area contributed by atoms with Crippen molar-refractivity contribution in [1.29, 1.82) is 0 Å². The van der Waals surface area contributed by atoms with Crippen LogP contribution in [0.1, 0.15) is 20.3 Å². The standard InChI is InChI=1S/C7H12B2FO/c1-3-5-4(2)6(10)7(9-8)11-5/h4-7H,3H2,1-2H3/t4-,5-,6+,7?/m0/s1. The SMILES string of the molecule is [B][B]C1O[C@@H](CC)[C@H](C)[C@H]1F. The minimum Gasteiger partial charge on any atom is -0.381 e. The first-order valence-corrected chi connectivity index (χ1v) is 4.05. The van der Waals surface area contributed by atoms with Gasteiger partial charge in [0.05, 0.1) is 13.3 Å². The van der Waals surface area contributed by atoms with E-state index < -0.39 is 12.2 Å². The molecular weight excluding hydrogens is 141 g/mol. The summed E-state index contributed by atoms with van der Waals surface area (Å²) in [5, 5.41) is 0. The lowest BCUT2D eigenvalue weighted by molar-refractivity contribution is 0.0667. The van der Waals surface area contributed by atoms with Crippen LogP contribution in [0.4, 0.5) is 4.39 Å². The summed E-state index contributed by atoms with van der Waals surface area (Å²) in [5.41, 5.74) is 0. The van der Waals surface area contributed by atoms with Crippen molar-refractivity contribution in [1.82, 2.24) is 0 Å². The first kappa shape index (κ1) is 9.11. The minimum absolute atomic E-state index is 0.0233. The van der Waals surface area contributed by atoms with Gasteiger partial charge in [0.25, 0.3) is 0 Å². The van der Waals surface area contributed by atoms with Crippen LogP contribution in [0.25, 0.3) is 0 Å². The monoisotopic (exact) mass is 153 g/mol. The third-order valence-electron chi connectivity index (χ3n) is 2.33. The summed E-state index contributed by atoms with van der Waals surface area (Å²) >= 11 is 0. The van der Waals surface area contributed by atoms with E-state index in [1.807, 2.05) is 13.8 Å². The summed E-state index contributed by atoms with van der Waals surface area (Å²) in [6.07, 6.45) is -0.0360. The van der Waals surface area contributed by atoms with E-state index in [4.69, 9.17) is 12.5 Å². The fourth-order valence-electron chi connectivity index (χ4n) is 1.52. The predicted molar refractivity (Wildman–Crippen MR) is 44.5 cm³/mol. The van der Waals surface area contributed by atoms with E-state index >= 15 is 0 Å². The van der Waals surface area contributed by atoms with Gasteiger partial charge in [-0.2, -0.15) is 0 Å². The zero-order chi connectivity index (χ0) is 8.43. The Morgan fingerprint density at radius 2 is 2.27 bits per heavy atom. The van der Waals surface area contributed by atoms with Crippen molar-refractivity contribution in [3.05, 3.63) is 0 Å². The van der Waals surface area contributed by atoms with Crippen molar-refractivity contribution < 1.29 is 9.13 Å². The summed E-state index contributed by atoms with van der Waals surface area (Å²) in [7, 11) is 6.52. The molecule has 0 aromatic heterocycles. The molecule has 3 radical (unpaired) electrons. The van der Waals surface area contributed by atoms with Crippen LogP contribution in [-0.2, 0) is 4.74 Å². The van der Waals surface area contributed by atoms with E-state index in [9.17, 15) is 4.39 Å². The van der Waals surface area contributed by atoms with Gasteiger partial charge in [-0.1, -0.05) is 13.8 Å². The van der Waals surface area contributed by atoms with E-state index in [0.29, 0.717) is 0 Å². The first-order valence-electron chi connectivity index (χ1n) is 4.05. The molecule has 0 aliphatic carbocycles. The van der Waals surface area contributed by atoms with Gasteiger partial charge in [0.15, 0.2) is 0 Å². The average molecular weight is 153 g/mol. The van der Waals surface area contributed by atoms with Crippen molar-refractivity contribution in [2.75, 3.05) is 0 Å². The fraction of sp³-hybridized carbons (Fsp3) is 1.00. The van der Waals surface area contributed by atoms with Crippen LogP contribution in [0.15, 0.2) is 0 Å². The van der Waals surface area contributed by atoms with Crippen LogP contribution in [0, 0.1) is 5.92 Å². The Hall–Kier alpha value is 0.0199. The predicted octanol–water partition coefficient (Wildman–Crippen LogP) is 0.883. The van der Waals surface area contributed by atoms with Gasteiger partial charge in [-0.15, -0.1) is 0 Å². The largest absolute Gasteiger partial charge is 0.381 e. The van der Waals surface area contributed by atoms with Crippen LogP contribution in [0.5, 0.6) is 0 Å². The summed E-state index contributed by atoms with van der Waals surface area (Å²) in [6, 6.07) is -0.491. The van der Waals surface area contributed by atoms with Crippen LogP contribution < -0.4 is 0 Å². The Balaban J connectivity index is 2.53. The lowest BCUT2D eigenvalue weighted by Crippen LogP contribution is -2.27. The van der Waals surface area contributed by atoms with Crippen molar-refractivity contribution in [3.63, 3.8) is 0 Å². The van der Waals surface area contributed by atoms with E-state index in [-0.39, 0.29) is 12.0 Å². The second-order valence-electron chi connectivity index (χ2n) is 3.04. The molecule has 59 valence electrons. The molecule has 0 saturated carbocycles. The summed E-state index contributed by atoms with van der Waals surface area (Å²) in [5.74, 6) is -0.0233. The normalized spacial score (nSPS) is 44.3. The van der Waals surface area contributed by atoms with Gasteiger partial charge in [0.2, 0.25) is 0 Å². The first-order chi connectivity index (χ1) is 5.20. The Bertz CT molecular complexity index is 116. The van der Waals surface area contributed by atoms with E-state index in [0.717, 1.165) is 6.42 Å². The van der Waals surface area contributed by atoms with Gasteiger partial charge < -0.3 is 4.74 Å². The van der Waals surface area contributed by atoms with Gasteiger partial charge >= 0.3 is 0 Å². The van der Waals surface area contributed by atoms with Gasteiger partial charge in [-0.25, -0.2) is 4.39 Å². The molecule has 0 aromatic rings. The molecule has 1 unspecified atom stereocenters. The molecule has 1 fully saturated rings. The third kappa shape index (κ3) is 1.61. The van der Waals surface area contributed by atoms with Crippen molar-refractivity contribution in [2.24, 2.45) is 5.92 Å². The Morgan fingerprint density at radius 3 is 2.55 bits per heavy atom. The highest BCUT2D eigenvalue weighted by atomic mass is 19.1. The lowest BCUT2D eigenvalue weighted by Gasteiger charge is -2.11. The summed E-state index contributed by atoms with van der Waals surface area (Å²) in [4.78, 5) is 0. The van der Waals surface area contributed by atoms with Gasteiger partial charge in [0.1, 0.15) is 6.17 Å². The van der Waals surface area contributed by atoms with E-state index in [1.54, 1.807) is 0 Å². The zero-order valence-corrected chi connectivity index (χ0v) is 6.96. The molecule has 0 spiro atoms. The van der Waals surface area contributed by atoms with Crippen molar-refractivity contribution in [2.45, 2.75) is 38.5 Å². The molecule has 11 heavy (non-hydrogen) atoms. The maximum Gasteiger partial charge on any atom is 0.122 e. The zero-order valence-electron chi connectivity index (χ0n) is 6.96. The molecule has 1 rings (SSSR count). The minimum atomic E-state index is -0.926. The highest BCUT2D eigenvalue weighted by Crippen LogP contribution is 2.30. The van der Waals surface area contributed by atoms with Crippen LogP contribution in [0.3, 0.4) is 0 Å².